The molecule has 0 spiro atoms. The summed E-state index contributed by atoms with van der Waals surface area (Å²) in [5.41, 5.74) is 9.42. The quantitative estimate of drug-likeness (QED) is 0.416. The number of hydrogen-bond donors (Lipinski definition) is 4. The minimum absolute atomic E-state index is 0.207. The van der Waals surface area contributed by atoms with Gasteiger partial charge < -0.3 is 21.9 Å². The highest BCUT2D eigenvalue weighted by molar-refractivity contribution is 5.86. The maximum atomic E-state index is 11.3. The zero-order chi connectivity index (χ0) is 11.4. The van der Waals surface area contributed by atoms with Crippen LogP contribution in [0.3, 0.4) is 0 Å². The number of nitrogens with one attached hydrogen (secondary N) is 1. The number of carbonyl (C=O) groups excluding carboxylic acids is 2. The van der Waals surface area contributed by atoms with Crippen molar-refractivity contribution in [3.63, 3.8) is 0 Å². The molecule has 0 aliphatic carbocycles. The lowest BCUT2D eigenvalue weighted by atomic mass is 9.99. The van der Waals surface area contributed by atoms with Crippen LogP contribution in [-0.2, 0) is 9.59 Å². The van der Waals surface area contributed by atoms with E-state index in [0.29, 0.717) is 6.42 Å². The summed E-state index contributed by atoms with van der Waals surface area (Å²) in [6.45, 7) is 3.13. The fraction of sp³-hybridized carbons (Fsp3) is 0.750. The van der Waals surface area contributed by atoms with Gasteiger partial charge in [0.15, 0.2) is 0 Å². The van der Waals surface area contributed by atoms with E-state index in [1.807, 2.05) is 0 Å². The van der Waals surface area contributed by atoms with Gasteiger partial charge in [0.25, 0.3) is 0 Å². The van der Waals surface area contributed by atoms with Gasteiger partial charge in [-0.2, -0.15) is 0 Å². The zero-order valence-corrected chi connectivity index (χ0v) is 8.41. The lowest BCUT2D eigenvalue weighted by Gasteiger charge is -2.21. The van der Waals surface area contributed by atoms with Crippen molar-refractivity contribution < 1.29 is 14.7 Å². The van der Waals surface area contributed by atoms with Gasteiger partial charge in [-0.3, -0.25) is 9.59 Å². The molecule has 82 valence electrons. The van der Waals surface area contributed by atoms with Crippen molar-refractivity contribution in [2.75, 3.05) is 6.54 Å². The molecular weight excluding hydrogens is 186 g/mol. The second kappa shape index (κ2) is 4.92. The van der Waals surface area contributed by atoms with Crippen molar-refractivity contribution in [3.05, 3.63) is 0 Å². The highest BCUT2D eigenvalue weighted by Gasteiger charge is 2.26. The molecule has 0 radical (unpaired) electrons. The molecule has 0 aliphatic rings. The summed E-state index contributed by atoms with van der Waals surface area (Å²) in [5.74, 6) is -1.29. The van der Waals surface area contributed by atoms with Gasteiger partial charge in [0.1, 0.15) is 6.10 Å². The Labute approximate surface area is 82.6 Å². The second-order valence-electron chi connectivity index (χ2n) is 3.40. The van der Waals surface area contributed by atoms with E-state index >= 15 is 0 Å². The fourth-order valence-electron chi connectivity index (χ4n) is 0.652. The van der Waals surface area contributed by atoms with Crippen molar-refractivity contribution in [1.29, 1.82) is 0 Å². The van der Waals surface area contributed by atoms with E-state index in [1.54, 1.807) is 13.8 Å². The van der Waals surface area contributed by atoms with E-state index < -0.39 is 23.5 Å². The number of rotatable bonds is 5. The molecule has 2 amide bonds. The third-order valence-electron chi connectivity index (χ3n) is 2.04. The molecule has 14 heavy (non-hydrogen) atoms. The monoisotopic (exact) mass is 203 g/mol. The molecule has 0 bridgehead atoms. The van der Waals surface area contributed by atoms with E-state index in [4.69, 9.17) is 16.6 Å². The Bertz CT molecular complexity index is 228. The number of primary amides is 1. The van der Waals surface area contributed by atoms with Crippen LogP contribution in [-0.4, -0.2) is 35.1 Å². The number of carbonyl (C=O) groups is 2. The Kier molecular flexibility index (Phi) is 4.52. The molecule has 0 aromatic heterocycles. The van der Waals surface area contributed by atoms with Crippen LogP contribution in [0.2, 0.25) is 0 Å². The highest BCUT2D eigenvalue weighted by atomic mass is 16.3. The molecule has 6 nitrogen and oxygen atoms in total. The number of nitrogens with two attached hydrogens (primary N) is 2. The Morgan fingerprint density at radius 1 is 1.57 bits per heavy atom. The Hall–Kier alpha value is -1.14. The van der Waals surface area contributed by atoms with Crippen LogP contribution in [0, 0.1) is 0 Å². The topological polar surface area (TPSA) is 118 Å². The molecule has 6 heteroatoms. The molecule has 0 heterocycles. The van der Waals surface area contributed by atoms with Crippen LogP contribution < -0.4 is 16.8 Å². The van der Waals surface area contributed by atoms with Crippen LogP contribution in [0.4, 0.5) is 0 Å². The number of hydrogen-bond acceptors (Lipinski definition) is 4. The summed E-state index contributed by atoms with van der Waals surface area (Å²) in [6.07, 6.45) is -0.905. The molecular formula is C8H17N3O3. The third kappa shape index (κ3) is 3.71. The van der Waals surface area contributed by atoms with E-state index in [2.05, 4.69) is 5.32 Å². The van der Waals surface area contributed by atoms with E-state index in [0.717, 1.165) is 0 Å². The first-order chi connectivity index (χ1) is 6.31. The first-order valence-electron chi connectivity index (χ1n) is 4.35. The number of aliphatic hydroxyl groups excluding tert-OH is 1. The summed E-state index contributed by atoms with van der Waals surface area (Å²) in [7, 11) is 0. The first kappa shape index (κ1) is 12.9. The smallest absolute Gasteiger partial charge is 0.248 e. The third-order valence-corrected chi connectivity index (χ3v) is 2.04. The highest BCUT2D eigenvalue weighted by Crippen LogP contribution is 2.03. The molecule has 0 aliphatic heterocycles. The predicted octanol–water partition coefficient (Wildman–Crippen LogP) is -1.92. The van der Waals surface area contributed by atoms with Crippen LogP contribution in [0.25, 0.3) is 0 Å². The van der Waals surface area contributed by atoms with E-state index in [9.17, 15) is 9.59 Å². The van der Waals surface area contributed by atoms with Crippen molar-refractivity contribution >= 4 is 11.8 Å². The minimum atomic E-state index is -1.37. The molecule has 0 aromatic rings. The Morgan fingerprint density at radius 2 is 2.07 bits per heavy atom. The Balaban J connectivity index is 4.03. The molecule has 0 rings (SSSR count). The Morgan fingerprint density at radius 3 is 2.43 bits per heavy atom. The lowest BCUT2D eigenvalue weighted by molar-refractivity contribution is -0.128. The molecule has 0 saturated heterocycles. The number of aliphatic hydroxyl groups is 1. The standard InChI is InChI=1S/C8H17N3O3/c1-3-8(2,10)7(14)11-4-5(12)6(9)13/h5,12H,3-4,10H2,1-2H3,(H2,9,13)(H,11,14). The van der Waals surface area contributed by atoms with E-state index in [1.165, 1.54) is 0 Å². The summed E-state index contributed by atoms with van der Waals surface area (Å²) < 4.78 is 0. The van der Waals surface area contributed by atoms with Crippen molar-refractivity contribution in [2.45, 2.75) is 31.9 Å². The summed E-state index contributed by atoms with van der Waals surface area (Å²) in [4.78, 5) is 21.7. The zero-order valence-electron chi connectivity index (χ0n) is 8.41. The van der Waals surface area contributed by atoms with Crippen molar-refractivity contribution in [2.24, 2.45) is 11.5 Å². The number of amides is 2. The molecule has 2 unspecified atom stereocenters. The average molecular weight is 203 g/mol. The average Bonchev–Trinajstić information content (AvgIpc) is 2.13. The second-order valence-corrected chi connectivity index (χ2v) is 3.40. The SMILES string of the molecule is CCC(C)(N)C(=O)NCC(O)C(N)=O. The normalized spacial score (nSPS) is 16.9. The first-order valence-corrected chi connectivity index (χ1v) is 4.35. The van der Waals surface area contributed by atoms with Gasteiger partial charge in [0.05, 0.1) is 12.1 Å². The molecule has 6 N–H and O–H groups in total. The largest absolute Gasteiger partial charge is 0.381 e. The lowest BCUT2D eigenvalue weighted by Crippen LogP contribution is -2.53. The van der Waals surface area contributed by atoms with Gasteiger partial charge in [0, 0.05) is 0 Å². The van der Waals surface area contributed by atoms with Crippen LogP contribution in [0.5, 0.6) is 0 Å². The van der Waals surface area contributed by atoms with Gasteiger partial charge in [-0.15, -0.1) is 0 Å². The van der Waals surface area contributed by atoms with Crippen LogP contribution in [0.1, 0.15) is 20.3 Å². The van der Waals surface area contributed by atoms with Gasteiger partial charge >= 0.3 is 0 Å². The summed E-state index contributed by atoms with van der Waals surface area (Å²) in [5, 5.41) is 11.3. The van der Waals surface area contributed by atoms with Crippen LogP contribution >= 0.6 is 0 Å². The minimum Gasteiger partial charge on any atom is -0.381 e. The molecule has 2 atom stereocenters. The maximum absolute atomic E-state index is 11.3. The van der Waals surface area contributed by atoms with Crippen LogP contribution in [0.15, 0.2) is 0 Å². The molecule has 0 saturated carbocycles. The fourth-order valence-corrected chi connectivity index (χ4v) is 0.652. The van der Waals surface area contributed by atoms with Gasteiger partial charge in [0.2, 0.25) is 11.8 Å². The van der Waals surface area contributed by atoms with Gasteiger partial charge in [-0.1, -0.05) is 6.92 Å². The van der Waals surface area contributed by atoms with Crippen molar-refractivity contribution in [1.82, 2.24) is 5.32 Å². The van der Waals surface area contributed by atoms with Crippen molar-refractivity contribution in [3.8, 4) is 0 Å². The van der Waals surface area contributed by atoms with Gasteiger partial charge in [-0.05, 0) is 13.3 Å². The summed E-state index contributed by atoms with van der Waals surface area (Å²) >= 11 is 0. The summed E-state index contributed by atoms with van der Waals surface area (Å²) in [6, 6.07) is 0. The van der Waals surface area contributed by atoms with Gasteiger partial charge in [-0.25, -0.2) is 0 Å². The molecule has 0 aromatic carbocycles. The maximum Gasteiger partial charge on any atom is 0.248 e. The molecule has 0 fully saturated rings. The van der Waals surface area contributed by atoms with E-state index in [-0.39, 0.29) is 6.54 Å². The predicted molar refractivity (Wildman–Crippen MR) is 51.1 cm³/mol.